The predicted octanol–water partition coefficient (Wildman–Crippen LogP) is 15.0. The quantitative estimate of drug-likeness (QED) is 0.167. The lowest BCUT2D eigenvalue weighted by atomic mass is 10.00. The third kappa shape index (κ3) is 5.42. The number of rotatable bonds is 6. The molecule has 0 aliphatic rings. The van der Waals surface area contributed by atoms with E-state index < -0.39 is 0 Å². The van der Waals surface area contributed by atoms with Crippen LogP contribution in [-0.2, 0) is 0 Å². The fraction of sp³-hybridized carbons (Fsp3) is 0. The van der Waals surface area contributed by atoms with Crippen molar-refractivity contribution < 1.29 is 0 Å². The molecule has 0 radical (unpaired) electrons. The first-order chi connectivity index (χ1) is 27.7. The Balaban J connectivity index is 1.01. The molecule has 0 bridgehead atoms. The van der Waals surface area contributed by atoms with E-state index in [1.54, 1.807) is 0 Å². The van der Waals surface area contributed by atoms with Crippen LogP contribution in [0.2, 0.25) is 0 Å². The van der Waals surface area contributed by atoms with Crippen LogP contribution in [0.3, 0.4) is 0 Å². The Kier molecular flexibility index (Phi) is 7.53. The van der Waals surface area contributed by atoms with Gasteiger partial charge in [-0.1, -0.05) is 146 Å². The molecular weight excluding hydrogens is 677 g/mol. The number of para-hydroxylation sites is 1. The van der Waals surface area contributed by atoms with Crippen LogP contribution in [0.15, 0.2) is 218 Å². The lowest BCUT2D eigenvalue weighted by Gasteiger charge is -2.26. The van der Waals surface area contributed by atoms with Gasteiger partial charge in [0, 0.05) is 33.5 Å². The number of fused-ring (bicyclic) bond motifs is 7. The van der Waals surface area contributed by atoms with E-state index in [0.29, 0.717) is 0 Å². The topological polar surface area (TPSA) is 8.17 Å². The number of hydrogen-bond donors (Lipinski definition) is 0. The Hall–Kier alpha value is -7.42. The highest BCUT2D eigenvalue weighted by Crippen LogP contribution is 2.40. The summed E-state index contributed by atoms with van der Waals surface area (Å²) in [6.07, 6.45) is 0. The highest BCUT2D eigenvalue weighted by atomic mass is 15.1. The monoisotopic (exact) mass is 712 g/mol. The van der Waals surface area contributed by atoms with Crippen LogP contribution in [0.4, 0.5) is 17.1 Å². The van der Waals surface area contributed by atoms with Crippen LogP contribution in [0, 0.1) is 0 Å². The molecule has 0 aliphatic carbocycles. The molecule has 2 heteroatoms. The zero-order chi connectivity index (χ0) is 37.0. The molecule has 0 aliphatic heterocycles. The van der Waals surface area contributed by atoms with Gasteiger partial charge in [-0.2, -0.15) is 0 Å². The summed E-state index contributed by atoms with van der Waals surface area (Å²) < 4.78 is 2.40. The van der Waals surface area contributed by atoms with Crippen LogP contribution in [0.25, 0.3) is 82.1 Å². The molecule has 0 saturated heterocycles. The highest BCUT2D eigenvalue weighted by molar-refractivity contribution is 6.21. The van der Waals surface area contributed by atoms with Crippen LogP contribution in [0.1, 0.15) is 0 Å². The normalized spacial score (nSPS) is 11.6. The fourth-order valence-electron chi connectivity index (χ4n) is 8.56. The molecule has 1 heterocycles. The molecule has 56 heavy (non-hydrogen) atoms. The lowest BCUT2D eigenvalue weighted by Crippen LogP contribution is -2.10. The number of aromatic nitrogens is 1. The maximum atomic E-state index is 2.40. The van der Waals surface area contributed by atoms with Gasteiger partial charge in [0.2, 0.25) is 0 Å². The van der Waals surface area contributed by atoms with Gasteiger partial charge in [0.25, 0.3) is 0 Å². The molecule has 11 rings (SSSR count). The van der Waals surface area contributed by atoms with Crippen molar-refractivity contribution in [2.45, 2.75) is 0 Å². The van der Waals surface area contributed by atoms with E-state index in [1.165, 1.54) is 76.4 Å². The summed E-state index contributed by atoms with van der Waals surface area (Å²) in [5.74, 6) is 0. The van der Waals surface area contributed by atoms with E-state index in [0.717, 1.165) is 22.7 Å². The van der Waals surface area contributed by atoms with Crippen molar-refractivity contribution in [3.8, 4) is 27.9 Å². The molecule has 2 nitrogen and oxygen atoms in total. The molecule has 11 aromatic rings. The fourth-order valence-corrected chi connectivity index (χ4v) is 8.56. The van der Waals surface area contributed by atoms with Crippen molar-refractivity contribution in [3.63, 3.8) is 0 Å². The summed E-state index contributed by atoms with van der Waals surface area (Å²) in [7, 11) is 0. The third-order valence-corrected chi connectivity index (χ3v) is 11.3. The molecular formula is C54H36N2. The van der Waals surface area contributed by atoms with Crippen molar-refractivity contribution in [2.24, 2.45) is 0 Å². The van der Waals surface area contributed by atoms with Crippen molar-refractivity contribution in [1.29, 1.82) is 0 Å². The van der Waals surface area contributed by atoms with Crippen molar-refractivity contribution >= 4 is 71.2 Å². The molecule has 0 saturated carbocycles. The van der Waals surface area contributed by atoms with Gasteiger partial charge in [-0.05, 0) is 127 Å². The Morgan fingerprint density at radius 2 is 0.714 bits per heavy atom. The van der Waals surface area contributed by atoms with Gasteiger partial charge in [0.1, 0.15) is 0 Å². The zero-order valence-corrected chi connectivity index (χ0v) is 30.7. The van der Waals surface area contributed by atoms with E-state index in [2.05, 4.69) is 228 Å². The van der Waals surface area contributed by atoms with E-state index in [-0.39, 0.29) is 0 Å². The van der Waals surface area contributed by atoms with E-state index in [4.69, 9.17) is 0 Å². The standard InChI is InChI=1S/C54H36N2/c1-3-12-42-35-44(19-17-37(42)9-1)39-21-26-46(27-22-39)55(47-28-23-40(24-29-47)45-20-18-38-10-2-4-13-43(38)36-45)48-30-32-49(33-31-48)56-52-16-8-7-15-51(52)54-50-14-6-5-11-41(50)25-34-53(54)56/h1-36H. The second-order valence-electron chi connectivity index (χ2n) is 14.6. The number of hydrogen-bond acceptors (Lipinski definition) is 1. The van der Waals surface area contributed by atoms with Gasteiger partial charge < -0.3 is 9.47 Å². The molecule has 10 aromatic carbocycles. The zero-order valence-electron chi connectivity index (χ0n) is 30.7. The van der Waals surface area contributed by atoms with Crippen LogP contribution in [0.5, 0.6) is 0 Å². The van der Waals surface area contributed by atoms with Gasteiger partial charge in [-0.25, -0.2) is 0 Å². The second kappa shape index (κ2) is 13.2. The largest absolute Gasteiger partial charge is 0.311 e. The SMILES string of the molecule is c1ccc2cc(-c3ccc(N(c4ccc(-c5ccc6ccccc6c5)cc4)c4ccc(-n5c6ccccc6c6c7ccccc7ccc65)cc4)cc3)ccc2c1. The van der Waals surface area contributed by atoms with Gasteiger partial charge in [-0.3, -0.25) is 0 Å². The lowest BCUT2D eigenvalue weighted by molar-refractivity contribution is 1.17. The van der Waals surface area contributed by atoms with Crippen LogP contribution >= 0.6 is 0 Å². The Morgan fingerprint density at radius 3 is 1.29 bits per heavy atom. The molecule has 262 valence electrons. The van der Waals surface area contributed by atoms with E-state index >= 15 is 0 Å². The molecule has 0 N–H and O–H groups in total. The summed E-state index contributed by atoms with van der Waals surface area (Å²) in [5, 5.41) is 10.1. The highest BCUT2D eigenvalue weighted by Gasteiger charge is 2.17. The first-order valence-corrected chi connectivity index (χ1v) is 19.3. The summed E-state index contributed by atoms with van der Waals surface area (Å²) in [6.45, 7) is 0. The predicted molar refractivity (Wildman–Crippen MR) is 239 cm³/mol. The van der Waals surface area contributed by atoms with Gasteiger partial charge in [-0.15, -0.1) is 0 Å². The summed E-state index contributed by atoms with van der Waals surface area (Å²) >= 11 is 0. The van der Waals surface area contributed by atoms with Crippen LogP contribution in [-0.4, -0.2) is 4.57 Å². The smallest absolute Gasteiger partial charge is 0.0547 e. The number of nitrogens with zero attached hydrogens (tertiary/aromatic N) is 2. The van der Waals surface area contributed by atoms with Crippen LogP contribution < -0.4 is 4.90 Å². The molecule has 0 fully saturated rings. The molecule has 0 amide bonds. The third-order valence-electron chi connectivity index (χ3n) is 11.3. The summed E-state index contributed by atoms with van der Waals surface area (Å²) in [5.41, 5.74) is 11.7. The molecule has 1 aromatic heterocycles. The Labute approximate surface area is 325 Å². The number of benzene rings is 10. The van der Waals surface area contributed by atoms with E-state index in [9.17, 15) is 0 Å². The minimum absolute atomic E-state index is 1.09. The van der Waals surface area contributed by atoms with Gasteiger partial charge in [0.05, 0.1) is 11.0 Å². The van der Waals surface area contributed by atoms with Gasteiger partial charge in [0.15, 0.2) is 0 Å². The minimum Gasteiger partial charge on any atom is -0.311 e. The average molecular weight is 713 g/mol. The average Bonchev–Trinajstić information content (AvgIpc) is 3.62. The van der Waals surface area contributed by atoms with E-state index in [1.807, 2.05) is 0 Å². The minimum atomic E-state index is 1.09. The second-order valence-corrected chi connectivity index (χ2v) is 14.6. The van der Waals surface area contributed by atoms with Crippen molar-refractivity contribution in [2.75, 3.05) is 4.90 Å². The molecule has 0 unspecified atom stereocenters. The summed E-state index contributed by atoms with van der Waals surface area (Å²) in [6, 6.07) is 79.5. The Morgan fingerprint density at radius 1 is 0.286 bits per heavy atom. The molecule has 0 atom stereocenters. The maximum absolute atomic E-state index is 2.40. The van der Waals surface area contributed by atoms with Crippen molar-refractivity contribution in [3.05, 3.63) is 218 Å². The first-order valence-electron chi connectivity index (χ1n) is 19.3. The Bertz CT molecular complexity index is 3100. The van der Waals surface area contributed by atoms with Crippen molar-refractivity contribution in [1.82, 2.24) is 4.57 Å². The van der Waals surface area contributed by atoms with Gasteiger partial charge >= 0.3 is 0 Å². The summed E-state index contributed by atoms with van der Waals surface area (Å²) in [4.78, 5) is 2.36. The number of anilines is 3. The molecule has 0 spiro atoms. The first kappa shape index (κ1) is 32.0. The maximum Gasteiger partial charge on any atom is 0.0547 e.